The van der Waals surface area contributed by atoms with E-state index < -0.39 is 10.7 Å². The van der Waals surface area contributed by atoms with E-state index in [1.54, 1.807) is 6.92 Å². The van der Waals surface area contributed by atoms with Crippen LogP contribution in [0.3, 0.4) is 0 Å². The third kappa shape index (κ3) is 4.16. The molecule has 0 radical (unpaired) electrons. The molecule has 0 bridgehead atoms. The first-order valence-electron chi connectivity index (χ1n) is 7.65. The van der Waals surface area contributed by atoms with Gasteiger partial charge in [-0.2, -0.15) is 0 Å². The molecule has 2 unspecified atom stereocenters. The van der Waals surface area contributed by atoms with Gasteiger partial charge >= 0.3 is 0 Å². The highest BCUT2D eigenvalue weighted by Gasteiger charge is 2.20. The van der Waals surface area contributed by atoms with Gasteiger partial charge in [-0.1, -0.05) is 26.2 Å². The highest BCUT2D eigenvalue weighted by atomic mass is 19.1. The summed E-state index contributed by atoms with van der Waals surface area (Å²) in [6, 6.07) is 2.53. The summed E-state index contributed by atoms with van der Waals surface area (Å²) < 4.78 is 13.4. The van der Waals surface area contributed by atoms with Gasteiger partial charge in [0.1, 0.15) is 11.5 Å². The topological polar surface area (TPSA) is 55.2 Å². The van der Waals surface area contributed by atoms with Crippen LogP contribution in [-0.2, 0) is 0 Å². The van der Waals surface area contributed by atoms with Crippen LogP contribution in [0.2, 0.25) is 0 Å². The van der Waals surface area contributed by atoms with E-state index in [-0.39, 0.29) is 5.69 Å². The van der Waals surface area contributed by atoms with Crippen molar-refractivity contribution in [2.45, 2.75) is 46.0 Å². The monoisotopic (exact) mass is 294 g/mol. The van der Waals surface area contributed by atoms with E-state index in [1.165, 1.54) is 31.7 Å². The van der Waals surface area contributed by atoms with Gasteiger partial charge < -0.3 is 5.32 Å². The molecule has 2 atom stereocenters. The molecule has 1 saturated carbocycles. The number of anilines is 1. The van der Waals surface area contributed by atoms with Crippen molar-refractivity contribution in [3.63, 3.8) is 0 Å². The van der Waals surface area contributed by atoms with Crippen molar-refractivity contribution in [2.75, 3.05) is 11.9 Å². The number of hydrogen-bond acceptors (Lipinski definition) is 3. The molecule has 116 valence electrons. The normalized spacial score (nSPS) is 22.0. The Bertz CT molecular complexity index is 519. The lowest BCUT2D eigenvalue weighted by Crippen LogP contribution is -2.17. The molecule has 1 aromatic rings. The zero-order chi connectivity index (χ0) is 15.4. The molecule has 0 aromatic heterocycles. The van der Waals surface area contributed by atoms with E-state index in [2.05, 4.69) is 12.2 Å². The standard InChI is InChI=1S/C16H23FN2O2/c1-11-4-3-5-13(8-11)6-7-18-15-9-12(2)14(17)10-16(15)19(20)21/h9-11,13,18H,3-8H2,1-2H3. The summed E-state index contributed by atoms with van der Waals surface area (Å²) in [7, 11) is 0. The number of nitro benzene ring substituents is 1. The van der Waals surface area contributed by atoms with Gasteiger partial charge in [0.15, 0.2) is 0 Å². The summed E-state index contributed by atoms with van der Waals surface area (Å²) in [5.74, 6) is 0.946. The summed E-state index contributed by atoms with van der Waals surface area (Å²) >= 11 is 0. The molecule has 0 spiro atoms. The van der Waals surface area contributed by atoms with Crippen LogP contribution >= 0.6 is 0 Å². The van der Waals surface area contributed by atoms with Gasteiger partial charge in [-0.25, -0.2) is 4.39 Å². The number of benzene rings is 1. The molecule has 1 aromatic carbocycles. The zero-order valence-corrected chi connectivity index (χ0v) is 12.7. The van der Waals surface area contributed by atoms with Crippen LogP contribution in [0, 0.1) is 34.7 Å². The van der Waals surface area contributed by atoms with Gasteiger partial charge in [-0.3, -0.25) is 10.1 Å². The van der Waals surface area contributed by atoms with Gasteiger partial charge in [-0.05, 0) is 43.2 Å². The highest BCUT2D eigenvalue weighted by Crippen LogP contribution is 2.31. The summed E-state index contributed by atoms with van der Waals surface area (Å²) in [5.41, 5.74) is 0.659. The second-order valence-electron chi connectivity index (χ2n) is 6.23. The minimum absolute atomic E-state index is 0.185. The molecular weight excluding hydrogens is 271 g/mol. The average Bonchev–Trinajstić information content (AvgIpc) is 2.42. The average molecular weight is 294 g/mol. The molecule has 21 heavy (non-hydrogen) atoms. The Labute approximate surface area is 124 Å². The largest absolute Gasteiger partial charge is 0.379 e. The second kappa shape index (κ2) is 6.87. The summed E-state index contributed by atoms with van der Waals surface area (Å²) in [5, 5.41) is 14.1. The zero-order valence-electron chi connectivity index (χ0n) is 12.7. The highest BCUT2D eigenvalue weighted by molar-refractivity contribution is 5.63. The lowest BCUT2D eigenvalue weighted by molar-refractivity contribution is -0.384. The smallest absolute Gasteiger partial charge is 0.295 e. The predicted molar refractivity (Wildman–Crippen MR) is 82.0 cm³/mol. The fourth-order valence-corrected chi connectivity index (χ4v) is 3.20. The number of rotatable bonds is 5. The molecule has 5 heteroatoms. The van der Waals surface area contributed by atoms with Crippen LogP contribution in [0.4, 0.5) is 15.8 Å². The lowest BCUT2D eigenvalue weighted by Gasteiger charge is -2.26. The van der Waals surface area contributed by atoms with Crippen LogP contribution in [0.15, 0.2) is 12.1 Å². The van der Waals surface area contributed by atoms with Gasteiger partial charge in [0, 0.05) is 6.54 Å². The molecule has 0 aliphatic heterocycles. The van der Waals surface area contributed by atoms with Crippen LogP contribution in [0.1, 0.15) is 44.6 Å². The summed E-state index contributed by atoms with van der Waals surface area (Å²) in [6.45, 7) is 4.60. The van der Waals surface area contributed by atoms with Crippen LogP contribution < -0.4 is 5.32 Å². The molecule has 0 amide bonds. The van der Waals surface area contributed by atoms with E-state index in [0.717, 1.165) is 18.4 Å². The Morgan fingerprint density at radius 2 is 2.19 bits per heavy atom. The third-order valence-electron chi connectivity index (χ3n) is 4.39. The first kappa shape index (κ1) is 15.7. The number of hydrogen-bond donors (Lipinski definition) is 1. The molecule has 1 fully saturated rings. The minimum atomic E-state index is -0.534. The van der Waals surface area contributed by atoms with Crippen molar-refractivity contribution < 1.29 is 9.31 Å². The Morgan fingerprint density at radius 3 is 2.86 bits per heavy atom. The molecular formula is C16H23FN2O2. The molecule has 1 N–H and O–H groups in total. The van der Waals surface area contributed by atoms with Crippen LogP contribution in [0.5, 0.6) is 0 Å². The van der Waals surface area contributed by atoms with Crippen molar-refractivity contribution >= 4 is 11.4 Å². The third-order valence-corrected chi connectivity index (χ3v) is 4.39. The van der Waals surface area contributed by atoms with Gasteiger partial charge in [0.25, 0.3) is 5.69 Å². The maximum atomic E-state index is 13.4. The number of aryl methyl sites for hydroxylation is 1. The lowest BCUT2D eigenvalue weighted by atomic mass is 9.81. The maximum Gasteiger partial charge on any atom is 0.295 e. The number of nitro groups is 1. The van der Waals surface area contributed by atoms with E-state index >= 15 is 0 Å². The molecule has 1 aliphatic rings. The first-order valence-corrected chi connectivity index (χ1v) is 7.65. The summed E-state index contributed by atoms with van der Waals surface area (Å²) in [4.78, 5) is 10.5. The number of nitrogens with zero attached hydrogens (tertiary/aromatic N) is 1. The van der Waals surface area contributed by atoms with Crippen LogP contribution in [-0.4, -0.2) is 11.5 Å². The Kier molecular flexibility index (Phi) is 5.15. The van der Waals surface area contributed by atoms with Crippen molar-refractivity contribution in [3.05, 3.63) is 33.6 Å². The Balaban J connectivity index is 1.96. The molecule has 0 saturated heterocycles. The van der Waals surface area contributed by atoms with E-state index in [0.29, 0.717) is 23.7 Å². The van der Waals surface area contributed by atoms with E-state index in [1.807, 2.05) is 0 Å². The van der Waals surface area contributed by atoms with Gasteiger partial charge in [0.2, 0.25) is 0 Å². The van der Waals surface area contributed by atoms with Crippen molar-refractivity contribution in [1.82, 2.24) is 0 Å². The first-order chi connectivity index (χ1) is 9.97. The van der Waals surface area contributed by atoms with Gasteiger partial charge in [-0.15, -0.1) is 0 Å². The molecule has 2 rings (SSSR count). The SMILES string of the molecule is Cc1cc(NCCC2CCCC(C)C2)c([N+](=O)[O-])cc1F. The fraction of sp³-hybridized carbons (Fsp3) is 0.625. The molecule has 0 heterocycles. The molecule has 1 aliphatic carbocycles. The second-order valence-corrected chi connectivity index (χ2v) is 6.23. The minimum Gasteiger partial charge on any atom is -0.379 e. The maximum absolute atomic E-state index is 13.4. The van der Waals surface area contributed by atoms with Crippen molar-refractivity contribution in [2.24, 2.45) is 11.8 Å². The van der Waals surface area contributed by atoms with Crippen molar-refractivity contribution in [3.8, 4) is 0 Å². The van der Waals surface area contributed by atoms with Crippen LogP contribution in [0.25, 0.3) is 0 Å². The Hall–Kier alpha value is -1.65. The number of nitrogens with one attached hydrogen (secondary N) is 1. The Morgan fingerprint density at radius 1 is 1.43 bits per heavy atom. The van der Waals surface area contributed by atoms with Gasteiger partial charge in [0.05, 0.1) is 11.0 Å². The quantitative estimate of drug-likeness (QED) is 0.634. The van der Waals surface area contributed by atoms with Crippen molar-refractivity contribution in [1.29, 1.82) is 0 Å². The molecule has 4 nitrogen and oxygen atoms in total. The van der Waals surface area contributed by atoms with E-state index in [9.17, 15) is 14.5 Å². The predicted octanol–water partition coefficient (Wildman–Crippen LogP) is 4.67. The van der Waals surface area contributed by atoms with E-state index in [4.69, 9.17) is 0 Å². The summed E-state index contributed by atoms with van der Waals surface area (Å²) in [6.07, 6.45) is 6.09. The fourth-order valence-electron chi connectivity index (χ4n) is 3.20. The number of halogens is 1.